The van der Waals surface area contributed by atoms with Crippen molar-refractivity contribution in [3.63, 3.8) is 0 Å². The highest BCUT2D eigenvalue weighted by Gasteiger charge is 2.36. The van der Waals surface area contributed by atoms with Gasteiger partial charge in [0.15, 0.2) is 0 Å². The highest BCUT2D eigenvalue weighted by Crippen LogP contribution is 2.52. The normalized spacial score (nSPS) is 14.2. The summed E-state index contributed by atoms with van der Waals surface area (Å²) >= 11 is 0. The Morgan fingerprint density at radius 1 is 0.500 bits per heavy atom. The average molecular weight is 541 g/mol. The Kier molecular flexibility index (Phi) is 5.52. The van der Waals surface area contributed by atoms with Crippen LogP contribution in [-0.2, 0) is 5.41 Å². The van der Waals surface area contributed by atoms with Crippen LogP contribution in [0.25, 0.3) is 55.3 Å². The first-order valence-electron chi connectivity index (χ1n) is 14.8. The number of furan rings is 1. The Hall–Kier alpha value is -4.88. The van der Waals surface area contributed by atoms with Crippen LogP contribution < -0.4 is 0 Å². The third-order valence-corrected chi connectivity index (χ3v) is 9.46. The fraction of sp³-hybridized carbons (Fsp3) is 0.122. The van der Waals surface area contributed by atoms with E-state index in [0.717, 1.165) is 27.5 Å². The van der Waals surface area contributed by atoms with Gasteiger partial charge in [0, 0.05) is 27.7 Å². The summed E-state index contributed by atoms with van der Waals surface area (Å²) in [6.45, 7) is 6.98. The van der Waals surface area contributed by atoms with Crippen molar-refractivity contribution in [2.75, 3.05) is 0 Å². The number of benzene rings is 6. The van der Waals surface area contributed by atoms with Crippen LogP contribution in [0.3, 0.4) is 0 Å². The fourth-order valence-corrected chi connectivity index (χ4v) is 7.06. The third kappa shape index (κ3) is 3.70. The Morgan fingerprint density at radius 2 is 1.05 bits per heavy atom. The molecule has 0 amide bonds. The quantitative estimate of drug-likeness (QED) is 0.216. The molecule has 1 aliphatic carbocycles. The molecular formula is C41H32O. The zero-order chi connectivity index (χ0) is 28.4. The molecule has 1 aromatic heterocycles. The fourth-order valence-electron chi connectivity index (χ4n) is 7.06. The summed E-state index contributed by atoms with van der Waals surface area (Å²) in [6, 6.07) is 48.5. The molecule has 0 spiro atoms. The lowest BCUT2D eigenvalue weighted by Gasteiger charge is -2.21. The Bertz CT molecular complexity index is 2110. The zero-order valence-electron chi connectivity index (χ0n) is 24.2. The van der Waals surface area contributed by atoms with E-state index in [0.29, 0.717) is 0 Å². The van der Waals surface area contributed by atoms with Crippen LogP contribution in [0.1, 0.15) is 48.9 Å². The molecule has 1 atom stereocenters. The second-order valence-electron chi connectivity index (χ2n) is 12.1. The van der Waals surface area contributed by atoms with E-state index in [1.165, 1.54) is 50.1 Å². The number of para-hydroxylation sites is 2. The van der Waals surface area contributed by atoms with Gasteiger partial charge in [0.25, 0.3) is 0 Å². The van der Waals surface area contributed by atoms with Crippen molar-refractivity contribution in [3.05, 3.63) is 156 Å². The molecule has 1 heteroatoms. The molecule has 1 nitrogen and oxygen atoms in total. The monoisotopic (exact) mass is 540 g/mol. The minimum absolute atomic E-state index is 0.0124. The van der Waals surface area contributed by atoms with Crippen molar-refractivity contribution < 1.29 is 4.42 Å². The van der Waals surface area contributed by atoms with Gasteiger partial charge in [-0.15, -0.1) is 0 Å². The lowest BCUT2D eigenvalue weighted by molar-refractivity contribution is 0.660. The predicted octanol–water partition coefficient (Wildman–Crippen LogP) is 11.4. The highest BCUT2D eigenvalue weighted by atomic mass is 16.3. The number of fused-ring (bicyclic) bond motifs is 6. The standard InChI is InChI=1S/C41H32O/c1-26(28-20-24-30(25-21-28)32-13-8-14-34-33-10-5-7-17-38(33)42-40(32)34)27-18-22-29(23-19-27)31-12-9-16-37-39(31)35-11-4-6-15-36(35)41(37,2)3/h4-26H,1-3H3. The zero-order valence-corrected chi connectivity index (χ0v) is 24.2. The molecule has 1 aliphatic rings. The first-order valence-corrected chi connectivity index (χ1v) is 14.8. The number of hydrogen-bond donors (Lipinski definition) is 0. The second-order valence-corrected chi connectivity index (χ2v) is 12.1. The first kappa shape index (κ1) is 24.9. The van der Waals surface area contributed by atoms with Crippen molar-refractivity contribution in [1.82, 2.24) is 0 Å². The molecule has 0 saturated heterocycles. The summed E-state index contributed by atoms with van der Waals surface area (Å²) in [6.07, 6.45) is 0. The largest absolute Gasteiger partial charge is 0.455 e. The first-order chi connectivity index (χ1) is 20.5. The molecule has 0 radical (unpaired) electrons. The SMILES string of the molecule is CC(c1ccc(-c2cccc3c2-c2ccccc2C3(C)C)cc1)c1ccc(-c2cccc3c2oc2ccccc23)cc1. The summed E-state index contributed by atoms with van der Waals surface area (Å²) in [4.78, 5) is 0. The van der Waals surface area contributed by atoms with E-state index in [9.17, 15) is 0 Å². The molecule has 202 valence electrons. The minimum atomic E-state index is 0.0124. The molecule has 7 aromatic rings. The van der Waals surface area contributed by atoms with E-state index in [-0.39, 0.29) is 11.3 Å². The third-order valence-electron chi connectivity index (χ3n) is 9.46. The van der Waals surface area contributed by atoms with E-state index in [2.05, 4.69) is 142 Å². The molecule has 6 aromatic carbocycles. The maximum atomic E-state index is 6.29. The van der Waals surface area contributed by atoms with Gasteiger partial charge in [-0.1, -0.05) is 148 Å². The molecule has 0 N–H and O–H groups in total. The summed E-state index contributed by atoms with van der Waals surface area (Å²) in [5.41, 5.74) is 15.0. The van der Waals surface area contributed by atoms with Gasteiger partial charge in [-0.05, 0) is 56.1 Å². The predicted molar refractivity (Wildman–Crippen MR) is 176 cm³/mol. The minimum Gasteiger partial charge on any atom is -0.455 e. The van der Waals surface area contributed by atoms with Gasteiger partial charge >= 0.3 is 0 Å². The summed E-state index contributed by atoms with van der Waals surface area (Å²) in [5.74, 6) is 0.288. The molecule has 1 heterocycles. The van der Waals surface area contributed by atoms with Gasteiger partial charge in [-0.2, -0.15) is 0 Å². The van der Waals surface area contributed by atoms with Gasteiger partial charge in [0.2, 0.25) is 0 Å². The maximum absolute atomic E-state index is 6.29. The topological polar surface area (TPSA) is 13.1 Å². The van der Waals surface area contributed by atoms with Gasteiger partial charge < -0.3 is 4.42 Å². The van der Waals surface area contributed by atoms with Gasteiger partial charge in [0.1, 0.15) is 11.2 Å². The van der Waals surface area contributed by atoms with E-state index in [4.69, 9.17) is 4.42 Å². The van der Waals surface area contributed by atoms with Crippen molar-refractivity contribution in [1.29, 1.82) is 0 Å². The van der Waals surface area contributed by atoms with Crippen molar-refractivity contribution in [3.8, 4) is 33.4 Å². The van der Waals surface area contributed by atoms with E-state index >= 15 is 0 Å². The Labute approximate surface area is 247 Å². The van der Waals surface area contributed by atoms with Gasteiger partial charge in [-0.3, -0.25) is 0 Å². The lowest BCUT2D eigenvalue weighted by Crippen LogP contribution is -2.14. The lowest BCUT2D eigenvalue weighted by atomic mass is 9.82. The molecule has 0 fully saturated rings. The Balaban J connectivity index is 1.10. The van der Waals surface area contributed by atoms with Crippen LogP contribution in [0.2, 0.25) is 0 Å². The number of rotatable bonds is 4. The highest BCUT2D eigenvalue weighted by molar-refractivity contribution is 6.09. The van der Waals surface area contributed by atoms with Crippen LogP contribution in [-0.4, -0.2) is 0 Å². The molecule has 0 saturated carbocycles. The van der Waals surface area contributed by atoms with E-state index in [1.54, 1.807) is 0 Å². The molecular weight excluding hydrogens is 508 g/mol. The van der Waals surface area contributed by atoms with Crippen LogP contribution in [0, 0.1) is 0 Å². The molecule has 0 aliphatic heterocycles. The molecule has 42 heavy (non-hydrogen) atoms. The second kappa shape index (κ2) is 9.33. The van der Waals surface area contributed by atoms with Crippen molar-refractivity contribution in [2.24, 2.45) is 0 Å². The van der Waals surface area contributed by atoms with Crippen LogP contribution in [0.15, 0.2) is 138 Å². The van der Waals surface area contributed by atoms with Crippen LogP contribution >= 0.6 is 0 Å². The van der Waals surface area contributed by atoms with Gasteiger partial charge in [-0.25, -0.2) is 0 Å². The van der Waals surface area contributed by atoms with Crippen LogP contribution in [0.4, 0.5) is 0 Å². The average Bonchev–Trinajstić information content (AvgIpc) is 3.54. The summed E-state index contributed by atoms with van der Waals surface area (Å²) in [5, 5.41) is 2.33. The van der Waals surface area contributed by atoms with Crippen molar-refractivity contribution in [2.45, 2.75) is 32.1 Å². The summed E-state index contributed by atoms with van der Waals surface area (Å²) < 4.78 is 6.29. The van der Waals surface area contributed by atoms with E-state index < -0.39 is 0 Å². The molecule has 8 rings (SSSR count). The van der Waals surface area contributed by atoms with Crippen LogP contribution in [0.5, 0.6) is 0 Å². The molecule has 0 bridgehead atoms. The summed E-state index contributed by atoms with van der Waals surface area (Å²) in [7, 11) is 0. The maximum Gasteiger partial charge on any atom is 0.143 e. The smallest absolute Gasteiger partial charge is 0.143 e. The van der Waals surface area contributed by atoms with Gasteiger partial charge in [0.05, 0.1) is 0 Å². The van der Waals surface area contributed by atoms with E-state index in [1.807, 2.05) is 12.1 Å². The molecule has 1 unspecified atom stereocenters. The Morgan fingerprint density at radius 3 is 1.81 bits per heavy atom. The number of hydrogen-bond acceptors (Lipinski definition) is 1. The van der Waals surface area contributed by atoms with Crippen molar-refractivity contribution >= 4 is 21.9 Å².